The maximum atomic E-state index is 13.3. The Bertz CT molecular complexity index is 660. The van der Waals surface area contributed by atoms with Gasteiger partial charge in [0.1, 0.15) is 5.82 Å². The third-order valence-electron chi connectivity index (χ3n) is 3.33. The van der Waals surface area contributed by atoms with Gasteiger partial charge in [0.05, 0.1) is 17.1 Å². The Balaban J connectivity index is 2.41. The summed E-state index contributed by atoms with van der Waals surface area (Å²) in [5.41, 5.74) is 5.47. The Labute approximate surface area is 117 Å². The molecule has 0 aromatic heterocycles. The molecular weight excluding hydrogens is 285 g/mol. The van der Waals surface area contributed by atoms with E-state index >= 15 is 0 Å². The SMILES string of the molecule is Cc1cc(F)c(N)cc1S(=O)(=O)N1CCN(C)C(=O)C1. The van der Waals surface area contributed by atoms with E-state index in [-0.39, 0.29) is 35.1 Å². The first-order chi connectivity index (χ1) is 9.23. The molecule has 20 heavy (non-hydrogen) atoms. The van der Waals surface area contributed by atoms with Crippen LogP contribution in [0.1, 0.15) is 5.56 Å². The minimum atomic E-state index is -3.85. The summed E-state index contributed by atoms with van der Waals surface area (Å²) >= 11 is 0. The summed E-state index contributed by atoms with van der Waals surface area (Å²) in [7, 11) is -2.23. The van der Waals surface area contributed by atoms with E-state index in [0.717, 1.165) is 16.4 Å². The van der Waals surface area contributed by atoms with Crippen molar-refractivity contribution in [1.29, 1.82) is 0 Å². The number of piperazine rings is 1. The van der Waals surface area contributed by atoms with Gasteiger partial charge in [-0.05, 0) is 24.6 Å². The summed E-state index contributed by atoms with van der Waals surface area (Å²) in [5.74, 6) is -0.927. The third kappa shape index (κ3) is 2.48. The van der Waals surface area contributed by atoms with E-state index in [1.54, 1.807) is 7.05 Å². The zero-order valence-electron chi connectivity index (χ0n) is 11.3. The van der Waals surface area contributed by atoms with Crippen molar-refractivity contribution in [2.75, 3.05) is 32.4 Å². The molecule has 6 nitrogen and oxygen atoms in total. The molecule has 0 spiro atoms. The van der Waals surface area contributed by atoms with Crippen LogP contribution in [0.3, 0.4) is 0 Å². The van der Waals surface area contributed by atoms with E-state index < -0.39 is 15.8 Å². The van der Waals surface area contributed by atoms with Gasteiger partial charge in [-0.2, -0.15) is 4.31 Å². The van der Waals surface area contributed by atoms with Gasteiger partial charge in [0.15, 0.2) is 0 Å². The van der Waals surface area contributed by atoms with Gasteiger partial charge in [-0.25, -0.2) is 12.8 Å². The maximum absolute atomic E-state index is 13.3. The molecule has 1 fully saturated rings. The molecule has 0 unspecified atom stereocenters. The van der Waals surface area contributed by atoms with E-state index in [2.05, 4.69) is 0 Å². The molecule has 1 amide bonds. The number of likely N-dealkylation sites (N-methyl/N-ethyl adjacent to an activating group) is 1. The number of hydrogen-bond donors (Lipinski definition) is 1. The van der Waals surface area contributed by atoms with Crippen LogP contribution < -0.4 is 5.73 Å². The predicted octanol–water partition coefficient (Wildman–Crippen LogP) is 0.179. The van der Waals surface area contributed by atoms with Crippen molar-refractivity contribution in [3.05, 3.63) is 23.5 Å². The molecule has 8 heteroatoms. The van der Waals surface area contributed by atoms with E-state index in [9.17, 15) is 17.6 Å². The second-order valence-corrected chi connectivity index (χ2v) is 6.70. The smallest absolute Gasteiger partial charge is 0.243 e. The normalized spacial score (nSPS) is 17.6. The van der Waals surface area contributed by atoms with Crippen LogP contribution >= 0.6 is 0 Å². The molecule has 1 aromatic rings. The number of benzene rings is 1. The van der Waals surface area contributed by atoms with Gasteiger partial charge in [0, 0.05) is 20.1 Å². The number of halogens is 1. The molecule has 2 N–H and O–H groups in total. The van der Waals surface area contributed by atoms with Crippen molar-refractivity contribution in [2.24, 2.45) is 0 Å². The lowest BCUT2D eigenvalue weighted by Crippen LogP contribution is -2.50. The molecule has 0 radical (unpaired) electrons. The Morgan fingerprint density at radius 1 is 1.30 bits per heavy atom. The molecule has 1 aliphatic rings. The Hall–Kier alpha value is -1.67. The van der Waals surface area contributed by atoms with Crippen molar-refractivity contribution < 1.29 is 17.6 Å². The third-order valence-corrected chi connectivity index (χ3v) is 5.32. The van der Waals surface area contributed by atoms with E-state index in [4.69, 9.17) is 5.73 Å². The monoisotopic (exact) mass is 301 g/mol. The fourth-order valence-corrected chi connectivity index (χ4v) is 3.65. The van der Waals surface area contributed by atoms with Crippen LogP contribution in [-0.4, -0.2) is 50.2 Å². The molecule has 110 valence electrons. The Kier molecular flexibility index (Phi) is 3.70. The molecule has 1 saturated heterocycles. The molecule has 1 aliphatic heterocycles. The second kappa shape index (κ2) is 5.02. The average molecular weight is 301 g/mol. The summed E-state index contributed by atoms with van der Waals surface area (Å²) < 4.78 is 39.4. The molecule has 0 atom stereocenters. The zero-order valence-corrected chi connectivity index (χ0v) is 12.1. The van der Waals surface area contributed by atoms with Crippen molar-refractivity contribution >= 4 is 21.6 Å². The molecule has 0 saturated carbocycles. The highest BCUT2D eigenvalue weighted by Crippen LogP contribution is 2.25. The number of hydrogen-bond acceptors (Lipinski definition) is 4. The first kappa shape index (κ1) is 14.7. The first-order valence-electron chi connectivity index (χ1n) is 6.03. The lowest BCUT2D eigenvalue weighted by atomic mass is 10.2. The minimum absolute atomic E-state index is 0.0613. The maximum Gasteiger partial charge on any atom is 0.243 e. The van der Waals surface area contributed by atoms with Gasteiger partial charge in [-0.15, -0.1) is 0 Å². The van der Waals surface area contributed by atoms with Gasteiger partial charge >= 0.3 is 0 Å². The molecule has 0 bridgehead atoms. The summed E-state index contributed by atoms with van der Waals surface area (Å²) in [6, 6.07) is 2.18. The lowest BCUT2D eigenvalue weighted by molar-refractivity contribution is -0.132. The lowest BCUT2D eigenvalue weighted by Gasteiger charge is -2.31. The van der Waals surface area contributed by atoms with Gasteiger partial charge < -0.3 is 10.6 Å². The highest BCUT2D eigenvalue weighted by Gasteiger charge is 2.32. The van der Waals surface area contributed by atoms with Crippen LogP contribution in [0.25, 0.3) is 0 Å². The Morgan fingerprint density at radius 2 is 1.95 bits per heavy atom. The number of aryl methyl sites for hydroxylation is 1. The van der Waals surface area contributed by atoms with E-state index in [0.29, 0.717) is 6.54 Å². The quantitative estimate of drug-likeness (QED) is 0.790. The van der Waals surface area contributed by atoms with Crippen molar-refractivity contribution in [3.63, 3.8) is 0 Å². The molecular formula is C12H16FN3O3S. The first-order valence-corrected chi connectivity index (χ1v) is 7.47. The highest BCUT2D eigenvalue weighted by molar-refractivity contribution is 7.89. The molecule has 1 aromatic carbocycles. The summed E-state index contributed by atoms with van der Waals surface area (Å²) in [5, 5.41) is 0. The van der Waals surface area contributed by atoms with Crippen molar-refractivity contribution in [1.82, 2.24) is 9.21 Å². The van der Waals surface area contributed by atoms with Gasteiger partial charge in [-0.1, -0.05) is 0 Å². The topological polar surface area (TPSA) is 83.7 Å². The summed E-state index contributed by atoms with van der Waals surface area (Å²) in [6.07, 6.45) is 0. The van der Waals surface area contributed by atoms with Gasteiger partial charge in [0.2, 0.25) is 15.9 Å². The predicted molar refractivity (Wildman–Crippen MR) is 71.9 cm³/mol. The summed E-state index contributed by atoms with van der Waals surface area (Å²) in [4.78, 5) is 13.0. The number of sulfonamides is 1. The van der Waals surface area contributed by atoms with Crippen LogP contribution in [0.2, 0.25) is 0 Å². The molecule has 0 aliphatic carbocycles. The van der Waals surface area contributed by atoms with Crippen LogP contribution in [0.5, 0.6) is 0 Å². The van der Waals surface area contributed by atoms with Crippen LogP contribution in [0.15, 0.2) is 17.0 Å². The zero-order chi connectivity index (χ0) is 15.1. The van der Waals surface area contributed by atoms with Crippen molar-refractivity contribution in [3.8, 4) is 0 Å². The fraction of sp³-hybridized carbons (Fsp3) is 0.417. The van der Waals surface area contributed by atoms with E-state index in [1.165, 1.54) is 11.8 Å². The number of carbonyl (C=O) groups excluding carboxylic acids is 1. The standard InChI is InChI=1S/C12H16FN3O3S/c1-8-5-9(13)10(14)6-11(8)20(18,19)16-4-3-15(2)12(17)7-16/h5-6H,3-4,7,14H2,1-2H3. The number of rotatable bonds is 2. The second-order valence-electron chi connectivity index (χ2n) is 4.79. The molecule has 2 rings (SSSR count). The van der Waals surface area contributed by atoms with E-state index in [1.807, 2.05) is 0 Å². The largest absolute Gasteiger partial charge is 0.396 e. The number of nitrogens with zero attached hydrogens (tertiary/aromatic N) is 2. The fourth-order valence-electron chi connectivity index (χ4n) is 2.03. The van der Waals surface area contributed by atoms with Crippen LogP contribution in [0, 0.1) is 12.7 Å². The summed E-state index contributed by atoms with van der Waals surface area (Å²) in [6.45, 7) is 1.82. The number of nitrogen functional groups attached to an aromatic ring is 1. The van der Waals surface area contributed by atoms with Crippen LogP contribution in [-0.2, 0) is 14.8 Å². The molecule has 1 heterocycles. The van der Waals surface area contributed by atoms with Crippen LogP contribution in [0.4, 0.5) is 10.1 Å². The number of nitrogens with two attached hydrogens (primary N) is 1. The minimum Gasteiger partial charge on any atom is -0.396 e. The van der Waals surface area contributed by atoms with Gasteiger partial charge in [0.25, 0.3) is 0 Å². The van der Waals surface area contributed by atoms with Gasteiger partial charge in [-0.3, -0.25) is 4.79 Å². The van der Waals surface area contributed by atoms with Crippen molar-refractivity contribution in [2.45, 2.75) is 11.8 Å². The number of carbonyl (C=O) groups is 1. The Morgan fingerprint density at radius 3 is 2.55 bits per heavy atom. The number of amides is 1. The number of anilines is 1. The average Bonchev–Trinajstić information content (AvgIpc) is 2.36. The highest BCUT2D eigenvalue weighted by atomic mass is 32.2.